The Kier molecular flexibility index (Phi) is 4.54. The molecule has 2 atom stereocenters. The summed E-state index contributed by atoms with van der Waals surface area (Å²) in [7, 11) is 0. The van der Waals surface area contributed by atoms with Gasteiger partial charge in [0.05, 0.1) is 0 Å². The van der Waals surface area contributed by atoms with Crippen LogP contribution in [0.1, 0.15) is 18.9 Å². The van der Waals surface area contributed by atoms with Gasteiger partial charge in [-0.2, -0.15) is 13.2 Å². The van der Waals surface area contributed by atoms with Crippen LogP contribution in [-0.4, -0.2) is 17.3 Å². The lowest BCUT2D eigenvalue weighted by molar-refractivity contribution is -0.274. The van der Waals surface area contributed by atoms with Gasteiger partial charge < -0.3 is 10.8 Å². The number of aliphatic hydroxyl groups is 1. The molecule has 2 unspecified atom stereocenters. The van der Waals surface area contributed by atoms with E-state index < -0.39 is 23.4 Å². The van der Waals surface area contributed by atoms with E-state index in [9.17, 15) is 18.3 Å². The highest BCUT2D eigenvalue weighted by atomic mass is 35.5. The normalized spacial score (nSPS) is 17.3. The largest absolute Gasteiger partial charge is 0.423 e. The third-order valence-electron chi connectivity index (χ3n) is 2.75. The van der Waals surface area contributed by atoms with E-state index in [1.165, 1.54) is 19.1 Å². The van der Waals surface area contributed by atoms with Crippen molar-refractivity contribution in [2.75, 3.05) is 0 Å². The van der Waals surface area contributed by atoms with Gasteiger partial charge in [-0.15, -0.1) is 0 Å². The van der Waals surface area contributed by atoms with Crippen LogP contribution in [-0.2, 0) is 5.60 Å². The lowest BCUT2D eigenvalue weighted by Crippen LogP contribution is -2.55. The average molecular weight is 302 g/mol. The third-order valence-corrected chi connectivity index (χ3v) is 3.31. The average Bonchev–Trinajstić information content (AvgIpc) is 2.28. The van der Waals surface area contributed by atoms with E-state index in [-0.39, 0.29) is 16.5 Å². The second-order valence-electron chi connectivity index (χ2n) is 3.90. The standard InChI is InChI=1S/C11H12Cl2F3NO/c1-2-9(17)10(18,11(14,15)16)7-5-6(12)3-4-8(7)13/h3-5,9,18H,2,17H2,1H3. The van der Waals surface area contributed by atoms with Crippen molar-refractivity contribution in [3.63, 3.8) is 0 Å². The van der Waals surface area contributed by atoms with Gasteiger partial charge in [0, 0.05) is 21.7 Å². The van der Waals surface area contributed by atoms with E-state index in [1.807, 2.05) is 0 Å². The molecule has 1 aromatic carbocycles. The van der Waals surface area contributed by atoms with E-state index >= 15 is 0 Å². The van der Waals surface area contributed by atoms with Gasteiger partial charge >= 0.3 is 6.18 Å². The van der Waals surface area contributed by atoms with Crippen molar-refractivity contribution >= 4 is 23.2 Å². The summed E-state index contributed by atoms with van der Waals surface area (Å²) in [6.07, 6.45) is -5.02. The molecule has 0 aliphatic rings. The van der Waals surface area contributed by atoms with Crippen LogP contribution in [0.15, 0.2) is 18.2 Å². The van der Waals surface area contributed by atoms with Gasteiger partial charge in [-0.3, -0.25) is 0 Å². The second-order valence-corrected chi connectivity index (χ2v) is 4.75. The van der Waals surface area contributed by atoms with Crippen molar-refractivity contribution in [2.24, 2.45) is 5.73 Å². The summed E-state index contributed by atoms with van der Waals surface area (Å²) in [6, 6.07) is 1.97. The maximum atomic E-state index is 13.1. The fraction of sp³-hybridized carbons (Fsp3) is 0.455. The summed E-state index contributed by atoms with van der Waals surface area (Å²) in [5.41, 5.74) is 1.67. The highest BCUT2D eigenvalue weighted by Crippen LogP contribution is 2.44. The number of halogens is 5. The molecule has 0 aromatic heterocycles. The first-order valence-electron chi connectivity index (χ1n) is 5.14. The van der Waals surface area contributed by atoms with Gasteiger partial charge in [0.15, 0.2) is 0 Å². The van der Waals surface area contributed by atoms with Crippen LogP contribution in [0.3, 0.4) is 0 Å². The van der Waals surface area contributed by atoms with Crippen LogP contribution in [0, 0.1) is 0 Å². The molecule has 0 fully saturated rings. The van der Waals surface area contributed by atoms with Crippen molar-refractivity contribution in [1.29, 1.82) is 0 Å². The molecular formula is C11H12Cl2F3NO. The van der Waals surface area contributed by atoms with Crippen LogP contribution in [0.2, 0.25) is 10.0 Å². The summed E-state index contributed by atoms with van der Waals surface area (Å²) >= 11 is 11.4. The highest BCUT2D eigenvalue weighted by molar-refractivity contribution is 6.33. The predicted molar refractivity (Wildman–Crippen MR) is 64.7 cm³/mol. The Labute approximate surface area is 112 Å². The Balaban J connectivity index is 3.49. The van der Waals surface area contributed by atoms with Gasteiger partial charge in [-0.25, -0.2) is 0 Å². The number of nitrogens with two attached hydrogens (primary N) is 1. The van der Waals surface area contributed by atoms with Crippen LogP contribution in [0.25, 0.3) is 0 Å². The maximum absolute atomic E-state index is 13.1. The van der Waals surface area contributed by atoms with Gasteiger partial charge in [0.25, 0.3) is 0 Å². The summed E-state index contributed by atoms with van der Waals surface area (Å²) < 4.78 is 39.3. The van der Waals surface area contributed by atoms with Crippen LogP contribution >= 0.6 is 23.2 Å². The zero-order chi connectivity index (χ0) is 14.1. The molecule has 0 amide bonds. The molecule has 1 aromatic rings. The fourth-order valence-corrected chi connectivity index (χ4v) is 2.08. The first-order chi connectivity index (χ1) is 8.14. The van der Waals surface area contributed by atoms with E-state index in [0.717, 1.165) is 6.07 Å². The van der Waals surface area contributed by atoms with Gasteiger partial charge in [0.1, 0.15) is 0 Å². The molecule has 0 saturated heterocycles. The van der Waals surface area contributed by atoms with Crippen molar-refractivity contribution in [3.8, 4) is 0 Å². The summed E-state index contributed by atoms with van der Waals surface area (Å²) in [4.78, 5) is 0. The number of benzene rings is 1. The molecule has 2 nitrogen and oxygen atoms in total. The third kappa shape index (κ3) is 2.59. The lowest BCUT2D eigenvalue weighted by Gasteiger charge is -2.36. The van der Waals surface area contributed by atoms with Crippen molar-refractivity contribution in [1.82, 2.24) is 0 Å². The zero-order valence-corrected chi connectivity index (χ0v) is 10.9. The number of alkyl halides is 3. The maximum Gasteiger partial charge on any atom is 0.423 e. The molecule has 1 rings (SSSR count). The molecular weight excluding hydrogens is 290 g/mol. The molecule has 7 heteroatoms. The lowest BCUT2D eigenvalue weighted by atomic mass is 9.84. The Morgan fingerprint density at radius 3 is 2.33 bits per heavy atom. The van der Waals surface area contributed by atoms with Gasteiger partial charge in [-0.1, -0.05) is 30.1 Å². The van der Waals surface area contributed by atoms with Crippen LogP contribution < -0.4 is 5.73 Å². The number of hydrogen-bond acceptors (Lipinski definition) is 2. The number of hydrogen-bond donors (Lipinski definition) is 2. The Morgan fingerprint density at radius 2 is 1.89 bits per heavy atom. The fourth-order valence-electron chi connectivity index (χ4n) is 1.65. The molecule has 0 bridgehead atoms. The van der Waals surface area contributed by atoms with Gasteiger partial charge in [0.2, 0.25) is 5.60 Å². The molecule has 0 spiro atoms. The molecule has 0 heterocycles. The number of rotatable bonds is 3. The van der Waals surface area contributed by atoms with Crippen molar-refractivity contribution in [3.05, 3.63) is 33.8 Å². The Bertz CT molecular complexity index is 439. The first kappa shape index (κ1) is 15.6. The molecule has 18 heavy (non-hydrogen) atoms. The van der Waals surface area contributed by atoms with E-state index in [1.54, 1.807) is 0 Å². The predicted octanol–water partition coefficient (Wildman–Crippen LogP) is 3.48. The van der Waals surface area contributed by atoms with E-state index in [0.29, 0.717) is 0 Å². The van der Waals surface area contributed by atoms with E-state index in [4.69, 9.17) is 28.9 Å². The van der Waals surface area contributed by atoms with Crippen LogP contribution in [0.5, 0.6) is 0 Å². The van der Waals surface area contributed by atoms with E-state index in [2.05, 4.69) is 0 Å². The van der Waals surface area contributed by atoms with Crippen molar-refractivity contribution < 1.29 is 18.3 Å². The van der Waals surface area contributed by atoms with Crippen molar-refractivity contribution in [2.45, 2.75) is 31.2 Å². The Hall–Kier alpha value is -0.490. The first-order valence-corrected chi connectivity index (χ1v) is 5.90. The molecule has 0 saturated carbocycles. The molecule has 102 valence electrons. The van der Waals surface area contributed by atoms with Gasteiger partial charge in [-0.05, 0) is 24.6 Å². The molecule has 3 N–H and O–H groups in total. The zero-order valence-electron chi connectivity index (χ0n) is 9.43. The molecule has 0 aliphatic carbocycles. The van der Waals surface area contributed by atoms with Crippen LogP contribution in [0.4, 0.5) is 13.2 Å². The SMILES string of the molecule is CCC(N)C(O)(c1cc(Cl)ccc1Cl)C(F)(F)F. The monoisotopic (exact) mass is 301 g/mol. The minimum absolute atomic E-state index is 0.0420. The minimum Gasteiger partial charge on any atom is -0.375 e. The quantitative estimate of drug-likeness (QED) is 0.898. The minimum atomic E-state index is -4.95. The molecule has 0 radical (unpaired) electrons. The molecule has 0 aliphatic heterocycles. The summed E-state index contributed by atoms with van der Waals surface area (Å²) in [5.74, 6) is 0. The summed E-state index contributed by atoms with van der Waals surface area (Å²) in [5, 5.41) is 9.81. The Morgan fingerprint density at radius 1 is 1.33 bits per heavy atom. The highest BCUT2D eigenvalue weighted by Gasteiger charge is 2.59. The smallest absolute Gasteiger partial charge is 0.375 e. The second kappa shape index (κ2) is 5.25. The summed E-state index contributed by atoms with van der Waals surface area (Å²) in [6.45, 7) is 1.44. The topological polar surface area (TPSA) is 46.2 Å².